The summed E-state index contributed by atoms with van der Waals surface area (Å²) in [7, 11) is -3.64. The van der Waals surface area contributed by atoms with Gasteiger partial charge in [-0.2, -0.15) is 0 Å². The van der Waals surface area contributed by atoms with Crippen molar-refractivity contribution in [2.45, 2.75) is 36.6 Å². The fourth-order valence-corrected chi connectivity index (χ4v) is 5.40. The summed E-state index contributed by atoms with van der Waals surface area (Å²) in [5.74, 6) is -0.357. The Bertz CT molecular complexity index is 1090. The predicted molar refractivity (Wildman–Crippen MR) is 115 cm³/mol. The van der Waals surface area contributed by atoms with Crippen LogP contribution in [0.3, 0.4) is 0 Å². The van der Waals surface area contributed by atoms with Crippen LogP contribution in [0.15, 0.2) is 65.0 Å². The van der Waals surface area contributed by atoms with E-state index in [2.05, 4.69) is 15.0 Å². The minimum absolute atomic E-state index is 0.0196. The van der Waals surface area contributed by atoms with Crippen LogP contribution >= 0.6 is 11.3 Å². The van der Waals surface area contributed by atoms with E-state index in [1.165, 1.54) is 12.1 Å². The minimum atomic E-state index is -3.64. The van der Waals surface area contributed by atoms with Gasteiger partial charge in [0, 0.05) is 34.4 Å². The van der Waals surface area contributed by atoms with Crippen molar-refractivity contribution in [3.05, 3.63) is 65.7 Å². The van der Waals surface area contributed by atoms with Crippen LogP contribution in [0.1, 0.15) is 36.0 Å². The van der Waals surface area contributed by atoms with Crippen LogP contribution in [-0.2, 0) is 10.0 Å². The molecule has 3 aromatic rings. The molecule has 0 saturated heterocycles. The van der Waals surface area contributed by atoms with Gasteiger partial charge in [-0.25, -0.2) is 18.1 Å². The lowest BCUT2D eigenvalue weighted by Gasteiger charge is -2.13. The van der Waals surface area contributed by atoms with Crippen LogP contribution in [0.4, 0.5) is 5.69 Å². The smallest absolute Gasteiger partial charge is 0.255 e. The number of anilines is 1. The molecule has 4 rings (SSSR count). The summed E-state index contributed by atoms with van der Waals surface area (Å²) in [6.45, 7) is 0. The highest BCUT2D eigenvalue weighted by Crippen LogP contribution is 2.24. The Kier molecular flexibility index (Phi) is 5.75. The van der Waals surface area contributed by atoms with E-state index in [1.807, 2.05) is 17.5 Å². The van der Waals surface area contributed by atoms with Gasteiger partial charge < -0.3 is 5.32 Å². The second-order valence-corrected chi connectivity index (χ2v) is 9.61. The van der Waals surface area contributed by atoms with Gasteiger partial charge in [0.1, 0.15) is 5.01 Å². The lowest BCUT2D eigenvalue weighted by molar-refractivity contribution is 0.102. The van der Waals surface area contributed by atoms with Crippen molar-refractivity contribution in [1.82, 2.24) is 9.71 Å². The summed E-state index contributed by atoms with van der Waals surface area (Å²) in [6.07, 6.45) is 5.54. The van der Waals surface area contributed by atoms with E-state index in [4.69, 9.17) is 0 Å². The largest absolute Gasteiger partial charge is 0.322 e. The van der Waals surface area contributed by atoms with Gasteiger partial charge in [0.05, 0.1) is 4.90 Å². The molecule has 1 amide bonds. The quantitative estimate of drug-likeness (QED) is 0.614. The van der Waals surface area contributed by atoms with Gasteiger partial charge in [0.15, 0.2) is 0 Å². The predicted octanol–water partition coefficient (Wildman–Crippen LogP) is 4.28. The van der Waals surface area contributed by atoms with Gasteiger partial charge in [-0.3, -0.25) is 4.79 Å². The fraction of sp³-hybridized carbons (Fsp3) is 0.238. The Labute approximate surface area is 174 Å². The number of nitrogens with zero attached hydrogens (tertiary/aromatic N) is 1. The number of benzene rings is 2. The van der Waals surface area contributed by atoms with Gasteiger partial charge in [-0.05, 0) is 55.3 Å². The van der Waals surface area contributed by atoms with E-state index < -0.39 is 10.0 Å². The molecule has 1 aliphatic rings. The molecule has 1 aromatic heterocycles. The number of carbonyl (C=O) groups excluding carboxylic acids is 1. The highest BCUT2D eigenvalue weighted by Gasteiger charge is 2.23. The van der Waals surface area contributed by atoms with E-state index in [1.54, 1.807) is 41.8 Å². The molecule has 0 atom stereocenters. The molecule has 1 heterocycles. The Morgan fingerprint density at radius 3 is 2.52 bits per heavy atom. The van der Waals surface area contributed by atoms with Crippen LogP contribution in [-0.4, -0.2) is 25.4 Å². The third-order valence-corrected chi connectivity index (χ3v) is 7.25. The molecule has 0 radical (unpaired) electrons. The highest BCUT2D eigenvalue weighted by atomic mass is 32.2. The summed E-state index contributed by atoms with van der Waals surface area (Å²) >= 11 is 1.55. The van der Waals surface area contributed by atoms with Crippen molar-refractivity contribution in [3.63, 3.8) is 0 Å². The van der Waals surface area contributed by atoms with Crippen LogP contribution in [0.25, 0.3) is 10.6 Å². The monoisotopic (exact) mass is 427 g/mol. The highest BCUT2D eigenvalue weighted by molar-refractivity contribution is 7.89. The topological polar surface area (TPSA) is 88.2 Å². The molecule has 1 aliphatic carbocycles. The maximum Gasteiger partial charge on any atom is 0.255 e. The second-order valence-electron chi connectivity index (χ2n) is 7.00. The number of hydrogen-bond acceptors (Lipinski definition) is 5. The number of hydrogen-bond donors (Lipinski definition) is 2. The van der Waals surface area contributed by atoms with E-state index in [0.29, 0.717) is 11.3 Å². The van der Waals surface area contributed by atoms with Gasteiger partial charge >= 0.3 is 0 Å². The van der Waals surface area contributed by atoms with Crippen LogP contribution < -0.4 is 10.0 Å². The standard InChI is InChI=1S/C21H21N3O3S2/c25-20(23-17-10-8-15(9-11-17)21-22-12-13-28-21)16-4-3-7-19(14-16)29(26,27)24-18-5-1-2-6-18/h3-4,7-14,18,24H,1-2,5-6H2,(H,23,25). The van der Waals surface area contributed by atoms with E-state index in [9.17, 15) is 13.2 Å². The number of nitrogens with one attached hydrogen (secondary N) is 2. The third-order valence-electron chi connectivity index (χ3n) is 4.91. The molecule has 0 bridgehead atoms. The van der Waals surface area contributed by atoms with Crippen LogP contribution in [0.2, 0.25) is 0 Å². The number of carbonyl (C=O) groups is 1. The first-order chi connectivity index (χ1) is 14.0. The van der Waals surface area contributed by atoms with Crippen LogP contribution in [0, 0.1) is 0 Å². The number of amides is 1. The van der Waals surface area contributed by atoms with Crippen molar-refractivity contribution < 1.29 is 13.2 Å². The maximum atomic E-state index is 12.6. The zero-order valence-electron chi connectivity index (χ0n) is 15.7. The number of aromatic nitrogens is 1. The molecule has 8 heteroatoms. The zero-order valence-corrected chi connectivity index (χ0v) is 17.3. The van der Waals surface area contributed by atoms with Crippen molar-refractivity contribution in [1.29, 1.82) is 0 Å². The molecule has 1 fully saturated rings. The first-order valence-corrected chi connectivity index (χ1v) is 11.8. The van der Waals surface area contributed by atoms with Crippen molar-refractivity contribution in [2.24, 2.45) is 0 Å². The molecule has 0 unspecified atom stereocenters. The van der Waals surface area contributed by atoms with Crippen molar-refractivity contribution in [2.75, 3.05) is 5.32 Å². The summed E-state index contributed by atoms with van der Waals surface area (Å²) < 4.78 is 28.0. The Balaban J connectivity index is 1.47. The van der Waals surface area contributed by atoms with Gasteiger partial charge in [-0.15, -0.1) is 11.3 Å². The van der Waals surface area contributed by atoms with Gasteiger partial charge in [0.2, 0.25) is 10.0 Å². The van der Waals surface area contributed by atoms with E-state index in [-0.39, 0.29) is 16.8 Å². The Hall–Kier alpha value is -2.55. The van der Waals surface area contributed by atoms with Crippen LogP contribution in [0.5, 0.6) is 0 Å². The average Bonchev–Trinajstić information content (AvgIpc) is 3.43. The molecule has 6 nitrogen and oxygen atoms in total. The Morgan fingerprint density at radius 2 is 1.83 bits per heavy atom. The molecule has 2 N–H and O–H groups in total. The molecule has 29 heavy (non-hydrogen) atoms. The molecular formula is C21H21N3O3S2. The minimum Gasteiger partial charge on any atom is -0.322 e. The molecule has 2 aromatic carbocycles. The van der Waals surface area contributed by atoms with Gasteiger partial charge in [0.25, 0.3) is 5.91 Å². The number of sulfonamides is 1. The molecule has 0 spiro atoms. The molecule has 1 saturated carbocycles. The SMILES string of the molecule is O=C(Nc1ccc(-c2nccs2)cc1)c1cccc(S(=O)(=O)NC2CCCC2)c1. The van der Waals surface area contributed by atoms with E-state index >= 15 is 0 Å². The second kappa shape index (κ2) is 8.44. The normalized spacial score (nSPS) is 14.8. The number of rotatable bonds is 6. The van der Waals surface area contributed by atoms with E-state index in [0.717, 1.165) is 36.3 Å². The first kappa shape index (κ1) is 19.8. The third kappa shape index (κ3) is 4.72. The maximum absolute atomic E-state index is 12.6. The molecule has 0 aliphatic heterocycles. The lowest BCUT2D eigenvalue weighted by Crippen LogP contribution is -2.32. The fourth-order valence-electron chi connectivity index (χ4n) is 3.40. The van der Waals surface area contributed by atoms with Crippen molar-refractivity contribution in [3.8, 4) is 10.6 Å². The van der Waals surface area contributed by atoms with Crippen molar-refractivity contribution >= 4 is 33.0 Å². The number of thiazole rings is 1. The first-order valence-electron chi connectivity index (χ1n) is 9.45. The summed E-state index contributed by atoms with van der Waals surface area (Å²) in [5, 5.41) is 5.63. The average molecular weight is 428 g/mol. The van der Waals surface area contributed by atoms with Gasteiger partial charge in [-0.1, -0.05) is 18.9 Å². The zero-order chi connectivity index (χ0) is 20.3. The lowest BCUT2D eigenvalue weighted by atomic mass is 10.2. The molecule has 150 valence electrons. The summed E-state index contributed by atoms with van der Waals surface area (Å²) in [5.41, 5.74) is 1.90. The Morgan fingerprint density at radius 1 is 1.07 bits per heavy atom. The molecular weight excluding hydrogens is 406 g/mol. The summed E-state index contributed by atoms with van der Waals surface area (Å²) in [6, 6.07) is 13.5. The summed E-state index contributed by atoms with van der Waals surface area (Å²) in [4.78, 5) is 17.0.